The molecule has 9 unspecified atom stereocenters. The van der Waals surface area contributed by atoms with Gasteiger partial charge < -0.3 is 52.3 Å². The SMILES string of the molecule is C/C=C(\C)C1OC(=O)C(C)NC(=O)C(C(C)CC)NC(=O)CN(C)C(=O)C(Cc2ccccc2)N(C)C(=O)C(C)NC(=O)C(CC(C)C)OC(=O)/C(C)=C/CC(CC(=O)[N-]C)C1C.CC.[CH2-]CCCCC.[W+2]. The molecule has 1 aliphatic rings. The molecule has 3 N–H and O–H groups in total. The minimum absolute atomic E-state index is 0. The van der Waals surface area contributed by atoms with Crippen LogP contribution in [0.1, 0.15) is 147 Å². The van der Waals surface area contributed by atoms with E-state index in [1.54, 1.807) is 57.2 Å². The molecular formula is C55H90N6O10W. The van der Waals surface area contributed by atoms with Gasteiger partial charge in [-0.15, -0.1) is 7.05 Å². The molecule has 1 aromatic carbocycles. The number of carbonyl (C=O) groups is 8. The van der Waals surface area contributed by atoms with Gasteiger partial charge in [0.1, 0.15) is 30.3 Å². The third kappa shape index (κ3) is 24.2. The Kier molecular flexibility index (Phi) is 35.5. The molecule has 0 fully saturated rings. The molecule has 1 aromatic rings. The van der Waals surface area contributed by atoms with Crippen molar-refractivity contribution in [2.75, 3.05) is 27.7 Å². The summed E-state index contributed by atoms with van der Waals surface area (Å²) < 4.78 is 11.8. The predicted octanol–water partition coefficient (Wildman–Crippen LogP) is 7.84. The molecule has 1 heterocycles. The number of carbonyl (C=O) groups excluding carboxylic acids is 8. The maximum atomic E-state index is 14.2. The van der Waals surface area contributed by atoms with Crippen LogP contribution in [0.4, 0.5) is 0 Å². The second-order valence-corrected chi connectivity index (χ2v) is 18.8. The van der Waals surface area contributed by atoms with Crippen molar-refractivity contribution in [1.29, 1.82) is 0 Å². The van der Waals surface area contributed by atoms with Crippen molar-refractivity contribution in [1.82, 2.24) is 25.8 Å². The van der Waals surface area contributed by atoms with Gasteiger partial charge in [-0.1, -0.05) is 124 Å². The van der Waals surface area contributed by atoms with E-state index in [2.05, 4.69) is 35.1 Å². The van der Waals surface area contributed by atoms with E-state index in [0.29, 0.717) is 12.0 Å². The number of unbranched alkanes of at least 4 members (excludes halogenated alkanes) is 3. The van der Waals surface area contributed by atoms with Crippen LogP contribution in [0.15, 0.2) is 53.6 Å². The Morgan fingerprint density at radius 1 is 0.889 bits per heavy atom. The molecule has 406 valence electrons. The predicted molar refractivity (Wildman–Crippen MR) is 280 cm³/mol. The molecule has 0 aliphatic carbocycles. The molecule has 6 amide bonds. The Labute approximate surface area is 447 Å². The van der Waals surface area contributed by atoms with Crippen molar-refractivity contribution in [2.24, 2.45) is 23.7 Å². The Morgan fingerprint density at radius 3 is 2.00 bits per heavy atom. The van der Waals surface area contributed by atoms with E-state index < -0.39 is 102 Å². The van der Waals surface area contributed by atoms with E-state index in [0.717, 1.165) is 12.0 Å². The van der Waals surface area contributed by atoms with Gasteiger partial charge in [0.2, 0.25) is 23.6 Å². The monoisotopic (exact) mass is 1180 g/mol. The summed E-state index contributed by atoms with van der Waals surface area (Å²) in [7, 11) is 4.24. The first kappa shape index (κ1) is 69.2. The van der Waals surface area contributed by atoms with Gasteiger partial charge in [-0.05, 0) is 82.8 Å². The maximum absolute atomic E-state index is 14.2. The molecule has 2 rings (SSSR count). The van der Waals surface area contributed by atoms with Crippen LogP contribution in [0.5, 0.6) is 0 Å². The summed E-state index contributed by atoms with van der Waals surface area (Å²) in [5.41, 5.74) is 1.59. The number of nitrogens with zero attached hydrogens (tertiary/aromatic N) is 3. The van der Waals surface area contributed by atoms with E-state index in [-0.39, 0.29) is 64.2 Å². The summed E-state index contributed by atoms with van der Waals surface area (Å²) in [6.45, 7) is 26.7. The zero-order chi connectivity index (χ0) is 54.5. The topological polar surface area (TPSA) is 212 Å². The number of likely N-dealkylation sites (N-methyl/N-ethyl adjacent to an activating group) is 2. The minimum Gasteiger partial charge on any atom is -0.656 e. The van der Waals surface area contributed by atoms with Crippen LogP contribution in [0.25, 0.3) is 5.32 Å². The van der Waals surface area contributed by atoms with Crippen molar-refractivity contribution >= 4 is 47.4 Å². The van der Waals surface area contributed by atoms with Gasteiger partial charge >= 0.3 is 33.0 Å². The number of rotatable bonds is 12. The summed E-state index contributed by atoms with van der Waals surface area (Å²) in [6.07, 6.45) is 7.20. The Balaban J connectivity index is 0. The molecule has 17 heteroatoms. The van der Waals surface area contributed by atoms with Gasteiger partial charge in [0.25, 0.3) is 5.91 Å². The van der Waals surface area contributed by atoms with Crippen LogP contribution >= 0.6 is 0 Å². The van der Waals surface area contributed by atoms with Gasteiger partial charge in [0.05, 0.1) is 12.5 Å². The van der Waals surface area contributed by atoms with E-state index in [1.807, 2.05) is 47.6 Å². The summed E-state index contributed by atoms with van der Waals surface area (Å²) in [5.74, 6) is -6.55. The molecule has 16 nitrogen and oxygen atoms in total. The molecule has 0 aromatic heterocycles. The van der Waals surface area contributed by atoms with Gasteiger partial charge in [0, 0.05) is 32.0 Å². The van der Waals surface area contributed by atoms with E-state index in [4.69, 9.17) is 9.47 Å². The molecule has 1 aliphatic heterocycles. The van der Waals surface area contributed by atoms with Gasteiger partial charge in [-0.3, -0.25) is 24.0 Å². The number of esters is 2. The number of benzene rings is 1. The first-order valence-corrected chi connectivity index (χ1v) is 25.6. The zero-order valence-electron chi connectivity index (χ0n) is 46.4. The largest absolute Gasteiger partial charge is 2.00 e. The second kappa shape index (κ2) is 37.0. The standard InChI is InChI=1S/C47H72N6O10.C6H13.C2H6.W/c1-14-28(5)40-43(57)50-33(10)47(61)63-41(29(6)15-2)31(8)35(25-38(54)48-11)22-21-30(7)46(60)62-37(23-27(3)4)42(56)49-32(9)44(58)53(13)36(24-34-19-17-16-18-20-34)45(59)52(12)26-39(55)51-40;1-3-5-6-4-2;1-2;/h15-21,27-28,31-33,35-37,40-41H,14,22-26H2,1-13H3,(H4,48,49,50,51,54,55,56,57);1,3-6H2,2H3;1-2H3;/q;-1;;+2/p-1/b29-15+,30-21+;;;. The van der Waals surface area contributed by atoms with Gasteiger partial charge in [-0.2, -0.15) is 6.42 Å². The number of allylic oxidation sites excluding steroid dienone is 2. The maximum Gasteiger partial charge on any atom is 2.00 e. The van der Waals surface area contributed by atoms with Crippen LogP contribution in [0.2, 0.25) is 0 Å². The average molecular weight is 1180 g/mol. The average Bonchev–Trinajstić information content (AvgIpc) is 3.35. The first-order valence-electron chi connectivity index (χ1n) is 25.6. The fourth-order valence-corrected chi connectivity index (χ4v) is 7.64. The van der Waals surface area contributed by atoms with Crippen molar-refractivity contribution < 1.29 is 68.9 Å². The quantitative estimate of drug-likeness (QED) is 0.0799. The number of amides is 6. The fraction of sp³-hybridized carbons (Fsp3) is 0.655. The molecule has 0 bridgehead atoms. The molecule has 0 saturated heterocycles. The first-order chi connectivity index (χ1) is 33.5. The molecule has 9 atom stereocenters. The smallest absolute Gasteiger partial charge is 0.656 e. The molecule has 0 saturated carbocycles. The van der Waals surface area contributed by atoms with Crippen molar-refractivity contribution in [2.45, 2.75) is 184 Å². The second-order valence-electron chi connectivity index (χ2n) is 18.8. The van der Waals surface area contributed by atoms with Crippen LogP contribution in [-0.4, -0.2) is 121 Å². The Bertz CT molecular complexity index is 1910. The van der Waals surface area contributed by atoms with E-state index in [9.17, 15) is 38.4 Å². The van der Waals surface area contributed by atoms with Crippen LogP contribution in [0, 0.1) is 30.6 Å². The third-order valence-corrected chi connectivity index (χ3v) is 12.6. The molecule has 0 spiro atoms. The summed E-state index contributed by atoms with van der Waals surface area (Å²) >= 11 is 0. The number of cyclic esters (lactones) is 2. The van der Waals surface area contributed by atoms with E-state index in [1.165, 1.54) is 71.0 Å². The Hall–Kier alpha value is -4.85. The van der Waals surface area contributed by atoms with Crippen molar-refractivity contribution in [3.05, 3.63) is 71.4 Å². The number of ether oxygens (including phenoxy) is 2. The van der Waals surface area contributed by atoms with Crippen LogP contribution in [-0.2, 0) is 75.3 Å². The molecule has 72 heavy (non-hydrogen) atoms. The summed E-state index contributed by atoms with van der Waals surface area (Å²) in [5, 5.41) is 11.9. The van der Waals surface area contributed by atoms with Crippen molar-refractivity contribution in [3.63, 3.8) is 0 Å². The van der Waals surface area contributed by atoms with E-state index >= 15 is 0 Å². The number of hydrogen-bond donors (Lipinski definition) is 3. The fourth-order valence-electron chi connectivity index (χ4n) is 7.64. The Morgan fingerprint density at radius 2 is 1.49 bits per heavy atom. The van der Waals surface area contributed by atoms with Crippen LogP contribution in [0.3, 0.4) is 0 Å². The minimum atomic E-state index is -1.27. The van der Waals surface area contributed by atoms with Crippen molar-refractivity contribution in [3.8, 4) is 0 Å². The number of nitrogens with one attached hydrogen (secondary N) is 3. The third-order valence-electron chi connectivity index (χ3n) is 12.6. The normalized spacial score (nSPS) is 25.0. The molecule has 0 radical (unpaired) electrons. The summed E-state index contributed by atoms with van der Waals surface area (Å²) in [4.78, 5) is 112. The summed E-state index contributed by atoms with van der Waals surface area (Å²) in [6, 6.07) is 4.49. The molecular weight excluding hydrogens is 1090 g/mol. The van der Waals surface area contributed by atoms with Gasteiger partial charge in [-0.25, -0.2) is 9.59 Å². The zero-order valence-corrected chi connectivity index (χ0v) is 49.4. The van der Waals surface area contributed by atoms with Gasteiger partial charge in [0.15, 0.2) is 6.10 Å². The van der Waals surface area contributed by atoms with Crippen LogP contribution < -0.4 is 16.0 Å². The number of hydrogen-bond acceptors (Lipinski definition) is 10.